The number of urea groups is 1. The number of nitrogens with one attached hydrogen (secondary N) is 2. The summed E-state index contributed by atoms with van der Waals surface area (Å²) in [5, 5.41) is 22.6. The van der Waals surface area contributed by atoms with Crippen molar-refractivity contribution in [3.63, 3.8) is 0 Å². The first kappa shape index (κ1) is 19.2. The Hall–Kier alpha value is -2.13. The summed E-state index contributed by atoms with van der Waals surface area (Å²) in [5.74, 6) is -1.45. The Morgan fingerprint density at radius 2 is 1.76 bits per heavy atom. The number of aliphatic carboxylic acids is 1. The van der Waals surface area contributed by atoms with Crippen molar-refractivity contribution in [2.24, 2.45) is 0 Å². The number of carboxylic acids is 1. The molecule has 0 aromatic heterocycles. The monoisotopic (exact) mass is 370 g/mol. The van der Waals surface area contributed by atoms with E-state index >= 15 is 0 Å². The summed E-state index contributed by atoms with van der Waals surface area (Å²) < 4.78 is 24.9. The summed E-state index contributed by atoms with van der Waals surface area (Å²) in [6.07, 6.45) is 3.19. The first-order chi connectivity index (χ1) is 11.6. The van der Waals surface area contributed by atoms with Gasteiger partial charge >= 0.3 is 12.0 Å². The predicted octanol–water partition coefficient (Wildman–Crippen LogP) is 1.36. The SMILES string of the molecule is CC(O)(CNC(=O)Nc1ccc(S(=O)(=O)C2CCCC2)cc1)C(=O)O. The van der Waals surface area contributed by atoms with Crippen molar-refractivity contribution in [2.45, 2.75) is 48.4 Å². The van der Waals surface area contributed by atoms with Crippen LogP contribution >= 0.6 is 0 Å². The maximum absolute atomic E-state index is 12.5. The van der Waals surface area contributed by atoms with E-state index in [4.69, 9.17) is 5.11 Å². The van der Waals surface area contributed by atoms with Gasteiger partial charge in [-0.15, -0.1) is 0 Å². The molecule has 1 aromatic rings. The quantitative estimate of drug-likeness (QED) is 0.598. The third-order valence-corrected chi connectivity index (χ3v) is 6.51. The van der Waals surface area contributed by atoms with E-state index in [1.165, 1.54) is 24.3 Å². The lowest BCUT2D eigenvalue weighted by molar-refractivity contribution is -0.155. The highest BCUT2D eigenvalue weighted by Crippen LogP contribution is 2.30. The standard InChI is InChI=1S/C16H22N2O6S/c1-16(22,14(19)20)10-17-15(21)18-11-6-8-13(9-7-11)25(23,24)12-4-2-3-5-12/h6-9,12,22H,2-5,10H2,1H3,(H,19,20)(H2,17,18,21). The zero-order chi connectivity index (χ0) is 18.7. The van der Waals surface area contributed by atoms with Crippen LogP contribution < -0.4 is 10.6 Å². The van der Waals surface area contributed by atoms with Crippen molar-refractivity contribution >= 4 is 27.5 Å². The van der Waals surface area contributed by atoms with Crippen LogP contribution in [0.25, 0.3) is 0 Å². The highest BCUT2D eigenvalue weighted by molar-refractivity contribution is 7.92. The van der Waals surface area contributed by atoms with Gasteiger partial charge in [-0.2, -0.15) is 0 Å². The molecule has 0 radical (unpaired) electrons. The Balaban J connectivity index is 1.96. The molecule has 0 spiro atoms. The zero-order valence-corrected chi connectivity index (χ0v) is 14.7. The molecule has 1 saturated carbocycles. The van der Waals surface area contributed by atoms with Crippen LogP contribution in [-0.2, 0) is 14.6 Å². The molecule has 1 unspecified atom stereocenters. The number of carbonyl (C=O) groups is 2. The van der Waals surface area contributed by atoms with E-state index in [1.54, 1.807) is 0 Å². The van der Waals surface area contributed by atoms with Crippen molar-refractivity contribution in [2.75, 3.05) is 11.9 Å². The van der Waals surface area contributed by atoms with Gasteiger partial charge < -0.3 is 20.8 Å². The summed E-state index contributed by atoms with van der Waals surface area (Å²) in [6, 6.07) is 5.12. The molecule has 0 saturated heterocycles. The van der Waals surface area contributed by atoms with Gasteiger partial charge in [0.1, 0.15) is 0 Å². The molecule has 1 aliphatic rings. The van der Waals surface area contributed by atoms with Gasteiger partial charge in [-0.25, -0.2) is 18.0 Å². The molecule has 1 fully saturated rings. The highest BCUT2D eigenvalue weighted by Gasteiger charge is 2.31. The number of benzene rings is 1. The number of sulfone groups is 1. The van der Waals surface area contributed by atoms with Crippen LogP contribution in [0, 0.1) is 0 Å². The zero-order valence-electron chi connectivity index (χ0n) is 13.9. The lowest BCUT2D eigenvalue weighted by Gasteiger charge is -2.18. The van der Waals surface area contributed by atoms with Crippen LogP contribution in [0.3, 0.4) is 0 Å². The third-order valence-electron chi connectivity index (χ3n) is 4.24. The van der Waals surface area contributed by atoms with Crippen LogP contribution in [0.4, 0.5) is 10.5 Å². The van der Waals surface area contributed by atoms with Gasteiger partial charge in [0.2, 0.25) is 0 Å². The van der Waals surface area contributed by atoms with Crippen LogP contribution in [-0.4, -0.2) is 48.0 Å². The molecule has 0 heterocycles. The smallest absolute Gasteiger partial charge is 0.337 e. The van der Waals surface area contributed by atoms with Gasteiger partial charge in [-0.1, -0.05) is 12.8 Å². The largest absolute Gasteiger partial charge is 0.479 e. The summed E-state index contributed by atoms with van der Waals surface area (Å²) in [6.45, 7) is 0.598. The van der Waals surface area contributed by atoms with Crippen LogP contribution in [0.1, 0.15) is 32.6 Å². The molecule has 1 atom stereocenters. The molecule has 1 aliphatic carbocycles. The minimum Gasteiger partial charge on any atom is -0.479 e. The summed E-state index contributed by atoms with van der Waals surface area (Å²) >= 11 is 0. The van der Waals surface area contributed by atoms with Crippen molar-refractivity contribution in [1.29, 1.82) is 0 Å². The molecule has 2 rings (SSSR count). The molecular weight excluding hydrogens is 348 g/mol. The van der Waals surface area contributed by atoms with Crippen LogP contribution in [0.2, 0.25) is 0 Å². The molecule has 1 aromatic carbocycles. The van der Waals surface area contributed by atoms with E-state index in [0.29, 0.717) is 18.5 Å². The minimum atomic E-state index is -3.35. The maximum atomic E-state index is 12.5. The molecule has 9 heteroatoms. The van der Waals surface area contributed by atoms with E-state index in [1.807, 2.05) is 0 Å². The van der Waals surface area contributed by atoms with Crippen molar-refractivity contribution in [3.05, 3.63) is 24.3 Å². The molecular formula is C16H22N2O6S. The normalized spacial score (nSPS) is 17.7. The number of anilines is 1. The summed E-state index contributed by atoms with van der Waals surface area (Å²) in [4.78, 5) is 22.7. The Morgan fingerprint density at radius 3 is 2.28 bits per heavy atom. The third kappa shape index (κ3) is 4.70. The molecule has 8 nitrogen and oxygen atoms in total. The number of rotatable bonds is 6. The van der Waals surface area contributed by atoms with Crippen LogP contribution in [0.5, 0.6) is 0 Å². The van der Waals surface area contributed by atoms with Gasteiger partial charge in [0.25, 0.3) is 0 Å². The topological polar surface area (TPSA) is 133 Å². The average molecular weight is 370 g/mol. The molecule has 138 valence electrons. The van der Waals surface area contributed by atoms with Gasteiger partial charge in [-0.3, -0.25) is 0 Å². The van der Waals surface area contributed by atoms with E-state index in [2.05, 4.69) is 10.6 Å². The fraction of sp³-hybridized carbons (Fsp3) is 0.500. The highest BCUT2D eigenvalue weighted by atomic mass is 32.2. The molecule has 25 heavy (non-hydrogen) atoms. The number of hydrogen-bond donors (Lipinski definition) is 4. The lowest BCUT2D eigenvalue weighted by Crippen LogP contribution is -2.47. The first-order valence-corrected chi connectivity index (χ1v) is 9.52. The lowest BCUT2D eigenvalue weighted by atomic mass is 10.1. The number of aliphatic hydroxyl groups is 1. The second-order valence-electron chi connectivity index (χ2n) is 6.36. The van der Waals surface area contributed by atoms with E-state index in [9.17, 15) is 23.1 Å². The van der Waals surface area contributed by atoms with Gasteiger partial charge in [0.15, 0.2) is 15.4 Å². The fourth-order valence-electron chi connectivity index (χ4n) is 2.62. The van der Waals surface area contributed by atoms with Crippen molar-refractivity contribution < 1.29 is 28.2 Å². The fourth-order valence-corrected chi connectivity index (χ4v) is 4.48. The van der Waals surface area contributed by atoms with Gasteiger partial charge in [-0.05, 0) is 44.0 Å². The Labute approximate surface area is 146 Å². The van der Waals surface area contributed by atoms with Crippen LogP contribution in [0.15, 0.2) is 29.2 Å². The van der Waals surface area contributed by atoms with E-state index in [0.717, 1.165) is 19.8 Å². The average Bonchev–Trinajstić information content (AvgIpc) is 3.09. The predicted molar refractivity (Wildman–Crippen MR) is 91.2 cm³/mol. The number of carboxylic acid groups (broad SMARTS) is 1. The number of amides is 2. The van der Waals surface area contributed by atoms with E-state index < -0.39 is 34.0 Å². The summed E-state index contributed by atoms with van der Waals surface area (Å²) in [5.41, 5.74) is -1.71. The Morgan fingerprint density at radius 1 is 1.20 bits per heavy atom. The number of carbonyl (C=O) groups excluding carboxylic acids is 1. The summed E-state index contributed by atoms with van der Waals surface area (Å²) in [7, 11) is -3.35. The second kappa shape index (κ2) is 7.40. The number of hydrogen-bond acceptors (Lipinski definition) is 5. The van der Waals surface area contributed by atoms with Gasteiger partial charge in [0, 0.05) is 5.69 Å². The molecule has 2 amide bonds. The minimum absolute atomic E-state index is 0.221. The Kier molecular flexibility index (Phi) is 5.69. The first-order valence-electron chi connectivity index (χ1n) is 7.97. The van der Waals surface area contributed by atoms with Crippen molar-refractivity contribution in [3.8, 4) is 0 Å². The second-order valence-corrected chi connectivity index (χ2v) is 8.59. The van der Waals surface area contributed by atoms with Crippen molar-refractivity contribution in [1.82, 2.24) is 5.32 Å². The van der Waals surface area contributed by atoms with E-state index in [-0.39, 0.29) is 10.1 Å². The maximum Gasteiger partial charge on any atom is 0.337 e. The van der Waals surface area contributed by atoms with Gasteiger partial charge in [0.05, 0.1) is 16.7 Å². The molecule has 4 N–H and O–H groups in total. The molecule has 0 bridgehead atoms. The Bertz CT molecular complexity index is 736. The molecule has 0 aliphatic heterocycles.